The zero-order valence-corrected chi connectivity index (χ0v) is 11.3. The fourth-order valence-corrected chi connectivity index (χ4v) is 2.73. The van der Waals surface area contributed by atoms with E-state index in [9.17, 15) is 0 Å². The van der Waals surface area contributed by atoms with Gasteiger partial charge in [-0.25, -0.2) is 9.97 Å². The fraction of sp³-hybridized carbons (Fsp3) is 0.692. The molecule has 2 atom stereocenters. The first-order chi connectivity index (χ1) is 8.17. The quantitative estimate of drug-likeness (QED) is 0.838. The molecule has 1 heterocycles. The van der Waals surface area contributed by atoms with E-state index in [0.717, 1.165) is 43.1 Å². The lowest BCUT2D eigenvalue weighted by atomic mass is 10.1. The molecule has 0 bridgehead atoms. The van der Waals surface area contributed by atoms with Crippen molar-refractivity contribution in [3.05, 3.63) is 17.6 Å². The highest BCUT2D eigenvalue weighted by Crippen LogP contribution is 2.29. The average Bonchev–Trinajstić information content (AvgIpc) is 2.72. The van der Waals surface area contributed by atoms with Crippen LogP contribution >= 0.6 is 11.6 Å². The van der Waals surface area contributed by atoms with Crippen molar-refractivity contribution in [2.75, 3.05) is 11.9 Å². The molecule has 17 heavy (non-hydrogen) atoms. The van der Waals surface area contributed by atoms with Crippen molar-refractivity contribution < 1.29 is 0 Å². The van der Waals surface area contributed by atoms with Crippen molar-refractivity contribution in [2.45, 2.75) is 44.9 Å². The van der Waals surface area contributed by atoms with Gasteiger partial charge in [0.05, 0.1) is 0 Å². The zero-order valence-electron chi connectivity index (χ0n) is 10.5. The third-order valence-corrected chi connectivity index (χ3v) is 3.70. The summed E-state index contributed by atoms with van der Waals surface area (Å²) in [7, 11) is 0. The monoisotopic (exact) mass is 253 g/mol. The first kappa shape index (κ1) is 12.6. The van der Waals surface area contributed by atoms with E-state index >= 15 is 0 Å². The molecule has 0 saturated heterocycles. The highest BCUT2D eigenvalue weighted by Gasteiger charge is 2.22. The fourth-order valence-electron chi connectivity index (χ4n) is 2.35. The molecular weight excluding hydrogens is 234 g/mol. The number of aryl methyl sites for hydroxylation is 2. The van der Waals surface area contributed by atoms with Gasteiger partial charge in [0.2, 0.25) is 0 Å². The predicted molar refractivity (Wildman–Crippen MR) is 71.6 cm³/mol. The van der Waals surface area contributed by atoms with Crippen LogP contribution in [0, 0.1) is 12.8 Å². The number of hydrogen-bond acceptors (Lipinski definition) is 3. The molecule has 2 rings (SSSR count). The summed E-state index contributed by atoms with van der Waals surface area (Å²) in [6.45, 7) is 5.03. The minimum Gasteiger partial charge on any atom is -0.370 e. The third-order valence-electron chi connectivity index (χ3n) is 3.30. The first-order valence-electron chi connectivity index (χ1n) is 6.40. The van der Waals surface area contributed by atoms with E-state index in [1.54, 1.807) is 0 Å². The maximum absolute atomic E-state index is 6.11. The SMILES string of the molecule is CCc1cc(NCC2CCC(Cl)C2)nc(C)n1. The van der Waals surface area contributed by atoms with Gasteiger partial charge in [-0.3, -0.25) is 0 Å². The van der Waals surface area contributed by atoms with Gasteiger partial charge in [-0.05, 0) is 38.5 Å². The number of hydrogen-bond donors (Lipinski definition) is 1. The predicted octanol–water partition coefficient (Wildman–Crippen LogP) is 3.17. The van der Waals surface area contributed by atoms with Crippen LogP contribution in [0.1, 0.15) is 37.7 Å². The van der Waals surface area contributed by atoms with Crippen LogP contribution in [-0.2, 0) is 6.42 Å². The summed E-state index contributed by atoms with van der Waals surface area (Å²) in [5.41, 5.74) is 1.10. The van der Waals surface area contributed by atoms with Gasteiger partial charge in [-0.15, -0.1) is 11.6 Å². The van der Waals surface area contributed by atoms with Crippen LogP contribution in [0.25, 0.3) is 0 Å². The Morgan fingerprint density at radius 3 is 2.88 bits per heavy atom. The molecule has 0 radical (unpaired) electrons. The molecule has 0 spiro atoms. The minimum atomic E-state index is 0.375. The third kappa shape index (κ3) is 3.56. The molecule has 1 aromatic rings. The number of rotatable bonds is 4. The number of nitrogens with zero attached hydrogens (tertiary/aromatic N) is 2. The lowest BCUT2D eigenvalue weighted by Crippen LogP contribution is -2.13. The van der Waals surface area contributed by atoms with Crippen LogP contribution in [0.15, 0.2) is 6.07 Å². The number of anilines is 1. The van der Waals surface area contributed by atoms with Crippen LogP contribution in [0.4, 0.5) is 5.82 Å². The Balaban J connectivity index is 1.92. The Morgan fingerprint density at radius 1 is 1.41 bits per heavy atom. The van der Waals surface area contributed by atoms with Gasteiger partial charge in [-0.2, -0.15) is 0 Å². The van der Waals surface area contributed by atoms with Gasteiger partial charge in [-0.1, -0.05) is 6.92 Å². The van der Waals surface area contributed by atoms with Crippen molar-refractivity contribution in [2.24, 2.45) is 5.92 Å². The zero-order chi connectivity index (χ0) is 12.3. The van der Waals surface area contributed by atoms with Gasteiger partial charge in [0.1, 0.15) is 11.6 Å². The topological polar surface area (TPSA) is 37.8 Å². The van der Waals surface area contributed by atoms with E-state index < -0.39 is 0 Å². The average molecular weight is 254 g/mol. The second-order valence-corrected chi connectivity index (χ2v) is 5.42. The van der Waals surface area contributed by atoms with Crippen LogP contribution in [0.5, 0.6) is 0 Å². The van der Waals surface area contributed by atoms with Crippen LogP contribution in [-0.4, -0.2) is 21.9 Å². The molecule has 1 aliphatic carbocycles. The molecule has 1 fully saturated rings. The summed E-state index contributed by atoms with van der Waals surface area (Å²) in [5.74, 6) is 2.48. The van der Waals surface area contributed by atoms with Crippen LogP contribution in [0.2, 0.25) is 0 Å². The van der Waals surface area contributed by atoms with Crippen molar-refractivity contribution in [1.29, 1.82) is 0 Å². The molecule has 3 nitrogen and oxygen atoms in total. The number of aromatic nitrogens is 2. The van der Waals surface area contributed by atoms with Gasteiger partial charge in [0.15, 0.2) is 0 Å². The first-order valence-corrected chi connectivity index (χ1v) is 6.83. The highest BCUT2D eigenvalue weighted by molar-refractivity contribution is 6.20. The second kappa shape index (κ2) is 5.67. The van der Waals surface area contributed by atoms with Gasteiger partial charge >= 0.3 is 0 Å². The summed E-state index contributed by atoms with van der Waals surface area (Å²) < 4.78 is 0. The van der Waals surface area contributed by atoms with Gasteiger partial charge in [0, 0.05) is 23.7 Å². The maximum atomic E-state index is 6.11. The smallest absolute Gasteiger partial charge is 0.129 e. The van der Waals surface area contributed by atoms with E-state index in [1.165, 1.54) is 6.42 Å². The molecular formula is C13H20ClN3. The van der Waals surface area contributed by atoms with E-state index in [0.29, 0.717) is 11.3 Å². The van der Waals surface area contributed by atoms with Crippen LogP contribution < -0.4 is 5.32 Å². The van der Waals surface area contributed by atoms with E-state index in [2.05, 4.69) is 22.2 Å². The van der Waals surface area contributed by atoms with E-state index in [-0.39, 0.29) is 0 Å². The van der Waals surface area contributed by atoms with E-state index in [1.807, 2.05) is 13.0 Å². The van der Waals surface area contributed by atoms with Crippen molar-refractivity contribution in [3.8, 4) is 0 Å². The summed E-state index contributed by atoms with van der Waals surface area (Å²) >= 11 is 6.11. The molecule has 0 aromatic carbocycles. The summed E-state index contributed by atoms with van der Waals surface area (Å²) in [4.78, 5) is 8.78. The summed E-state index contributed by atoms with van der Waals surface area (Å²) in [6, 6.07) is 2.04. The number of nitrogens with one attached hydrogen (secondary N) is 1. The molecule has 1 N–H and O–H groups in total. The Bertz CT molecular complexity index is 381. The van der Waals surface area contributed by atoms with Crippen molar-refractivity contribution in [1.82, 2.24) is 9.97 Å². The molecule has 94 valence electrons. The Kier molecular flexibility index (Phi) is 4.21. The van der Waals surface area contributed by atoms with Crippen molar-refractivity contribution in [3.63, 3.8) is 0 Å². The summed E-state index contributed by atoms with van der Waals surface area (Å²) in [6.07, 6.45) is 4.45. The molecule has 2 unspecified atom stereocenters. The Morgan fingerprint density at radius 2 is 2.24 bits per heavy atom. The van der Waals surface area contributed by atoms with Gasteiger partial charge < -0.3 is 5.32 Å². The molecule has 0 aliphatic heterocycles. The summed E-state index contributed by atoms with van der Waals surface area (Å²) in [5, 5.41) is 3.79. The molecule has 1 saturated carbocycles. The van der Waals surface area contributed by atoms with E-state index in [4.69, 9.17) is 11.6 Å². The second-order valence-electron chi connectivity index (χ2n) is 4.80. The highest BCUT2D eigenvalue weighted by atomic mass is 35.5. The lowest BCUT2D eigenvalue weighted by molar-refractivity contribution is 0.579. The molecule has 0 amide bonds. The maximum Gasteiger partial charge on any atom is 0.129 e. The normalized spacial score (nSPS) is 23.9. The Labute approximate surface area is 108 Å². The van der Waals surface area contributed by atoms with Crippen molar-refractivity contribution >= 4 is 17.4 Å². The largest absolute Gasteiger partial charge is 0.370 e. The molecule has 1 aromatic heterocycles. The molecule has 1 aliphatic rings. The molecule has 4 heteroatoms. The number of halogens is 1. The Hall–Kier alpha value is -0.830. The van der Waals surface area contributed by atoms with Gasteiger partial charge in [0.25, 0.3) is 0 Å². The standard InChI is InChI=1S/C13H20ClN3/c1-3-12-7-13(17-9(2)16-12)15-8-10-4-5-11(14)6-10/h7,10-11H,3-6,8H2,1-2H3,(H,15,16,17). The number of alkyl halides is 1. The minimum absolute atomic E-state index is 0.375. The van der Waals surface area contributed by atoms with Crippen LogP contribution in [0.3, 0.4) is 0 Å². The lowest BCUT2D eigenvalue weighted by Gasteiger charge is -2.12.